The van der Waals surface area contributed by atoms with Gasteiger partial charge in [-0.25, -0.2) is 18.1 Å². The van der Waals surface area contributed by atoms with Crippen LogP contribution in [0, 0.1) is 11.3 Å². The van der Waals surface area contributed by atoms with Crippen LogP contribution in [0.2, 0.25) is 0 Å². The van der Waals surface area contributed by atoms with Crippen LogP contribution >= 0.6 is 0 Å². The van der Waals surface area contributed by atoms with E-state index in [2.05, 4.69) is 14.6 Å². The summed E-state index contributed by atoms with van der Waals surface area (Å²) in [6.07, 6.45) is 3.56. The average molecular weight is 294 g/mol. The van der Waals surface area contributed by atoms with Crippen molar-refractivity contribution in [2.24, 2.45) is 0 Å². The molecule has 0 amide bonds. The molecule has 1 aliphatic rings. The minimum Gasteiger partial charge on any atom is -0.299 e. The minimum atomic E-state index is -3.56. The lowest BCUT2D eigenvalue weighted by atomic mass is 10.3. The number of pyridine rings is 1. The third-order valence-electron chi connectivity index (χ3n) is 3.49. The second-order valence-electron chi connectivity index (χ2n) is 4.93. The summed E-state index contributed by atoms with van der Waals surface area (Å²) < 4.78 is 26.8. The fourth-order valence-corrected chi connectivity index (χ4v) is 3.30. The fourth-order valence-electron chi connectivity index (χ4n) is 2.23. The molecule has 0 bridgehead atoms. The molecule has 2 heterocycles. The molecule has 0 saturated carbocycles. The van der Waals surface area contributed by atoms with Crippen LogP contribution in [0.25, 0.3) is 0 Å². The number of sulfonamides is 1. The van der Waals surface area contributed by atoms with Gasteiger partial charge in [0, 0.05) is 18.8 Å². The Kier molecular flexibility index (Phi) is 4.70. The molecule has 1 aliphatic heterocycles. The highest BCUT2D eigenvalue weighted by Gasteiger charge is 2.21. The molecule has 1 N–H and O–H groups in total. The van der Waals surface area contributed by atoms with Crippen molar-refractivity contribution < 1.29 is 8.42 Å². The number of rotatable bonds is 5. The maximum atomic E-state index is 12.1. The number of nitriles is 1. The largest absolute Gasteiger partial charge is 0.299 e. The van der Waals surface area contributed by atoms with Gasteiger partial charge in [-0.05, 0) is 45.0 Å². The Bertz CT molecular complexity index is 586. The Balaban J connectivity index is 1.97. The molecule has 6 nitrogen and oxygen atoms in total. The molecule has 20 heavy (non-hydrogen) atoms. The van der Waals surface area contributed by atoms with Crippen LogP contribution in [-0.4, -0.2) is 44.0 Å². The third-order valence-corrected chi connectivity index (χ3v) is 4.90. The molecule has 1 unspecified atom stereocenters. The average Bonchev–Trinajstić information content (AvgIpc) is 2.99. The number of nitrogens with zero attached hydrogens (tertiary/aromatic N) is 3. The van der Waals surface area contributed by atoms with Crippen LogP contribution in [-0.2, 0) is 10.0 Å². The molecular weight excluding hydrogens is 276 g/mol. The predicted molar refractivity (Wildman–Crippen MR) is 74.4 cm³/mol. The Morgan fingerprint density at radius 2 is 2.15 bits per heavy atom. The van der Waals surface area contributed by atoms with E-state index in [1.54, 1.807) is 0 Å². The maximum Gasteiger partial charge on any atom is 0.242 e. The van der Waals surface area contributed by atoms with E-state index >= 15 is 0 Å². The minimum absolute atomic E-state index is 0.0881. The molecule has 1 atom stereocenters. The summed E-state index contributed by atoms with van der Waals surface area (Å²) >= 11 is 0. The summed E-state index contributed by atoms with van der Waals surface area (Å²) in [5.74, 6) is 0. The summed E-state index contributed by atoms with van der Waals surface area (Å²) in [4.78, 5) is 6.14. The monoisotopic (exact) mass is 294 g/mol. The summed E-state index contributed by atoms with van der Waals surface area (Å²) in [6, 6.07) is 4.84. The maximum absolute atomic E-state index is 12.1. The van der Waals surface area contributed by atoms with Crippen molar-refractivity contribution in [2.45, 2.75) is 30.7 Å². The van der Waals surface area contributed by atoms with Crippen molar-refractivity contribution in [2.75, 3.05) is 19.6 Å². The van der Waals surface area contributed by atoms with E-state index in [-0.39, 0.29) is 16.6 Å². The molecule has 1 fully saturated rings. The quantitative estimate of drug-likeness (QED) is 0.864. The van der Waals surface area contributed by atoms with E-state index in [0.29, 0.717) is 6.54 Å². The highest BCUT2D eigenvalue weighted by molar-refractivity contribution is 7.89. The van der Waals surface area contributed by atoms with Gasteiger partial charge in [0.05, 0.1) is 0 Å². The molecule has 0 spiro atoms. The van der Waals surface area contributed by atoms with Gasteiger partial charge in [-0.15, -0.1) is 0 Å². The van der Waals surface area contributed by atoms with Gasteiger partial charge in [0.2, 0.25) is 10.0 Å². The lowest BCUT2D eigenvalue weighted by Gasteiger charge is -2.23. The van der Waals surface area contributed by atoms with Gasteiger partial charge in [0.1, 0.15) is 16.7 Å². The van der Waals surface area contributed by atoms with Gasteiger partial charge in [0.25, 0.3) is 0 Å². The summed E-state index contributed by atoms with van der Waals surface area (Å²) in [6.45, 7) is 4.45. The van der Waals surface area contributed by atoms with Crippen LogP contribution in [0.4, 0.5) is 0 Å². The van der Waals surface area contributed by atoms with Gasteiger partial charge < -0.3 is 0 Å². The first-order valence-corrected chi connectivity index (χ1v) is 8.11. The second-order valence-corrected chi connectivity index (χ2v) is 6.70. The first-order valence-electron chi connectivity index (χ1n) is 6.63. The Morgan fingerprint density at radius 1 is 1.45 bits per heavy atom. The molecule has 1 aromatic rings. The van der Waals surface area contributed by atoms with E-state index in [4.69, 9.17) is 5.26 Å². The molecule has 7 heteroatoms. The van der Waals surface area contributed by atoms with Crippen LogP contribution in [0.3, 0.4) is 0 Å². The van der Waals surface area contributed by atoms with Gasteiger partial charge in [0.15, 0.2) is 0 Å². The summed E-state index contributed by atoms with van der Waals surface area (Å²) in [5, 5.41) is 8.65. The standard InChI is InChI=1S/C13H18N4O2S/c1-11(17-6-2-3-7-17)9-16-20(18,19)13-5-4-12(8-14)15-10-13/h4-5,10-11,16H,2-3,6-7,9H2,1H3. The third kappa shape index (κ3) is 3.54. The van der Waals surface area contributed by atoms with Crippen LogP contribution < -0.4 is 4.72 Å². The summed E-state index contributed by atoms with van der Waals surface area (Å²) in [5.41, 5.74) is 0.203. The van der Waals surface area contributed by atoms with Crippen molar-refractivity contribution in [1.82, 2.24) is 14.6 Å². The Labute approximate surface area is 119 Å². The van der Waals surface area contributed by atoms with Gasteiger partial charge in [-0.2, -0.15) is 5.26 Å². The Morgan fingerprint density at radius 3 is 2.70 bits per heavy atom. The van der Waals surface area contributed by atoms with Gasteiger partial charge in [-0.3, -0.25) is 4.90 Å². The van der Waals surface area contributed by atoms with E-state index in [9.17, 15) is 8.42 Å². The molecule has 1 saturated heterocycles. The predicted octanol–water partition coefficient (Wildman–Crippen LogP) is 0.716. The van der Waals surface area contributed by atoms with Crippen molar-refractivity contribution in [3.8, 4) is 6.07 Å². The van der Waals surface area contributed by atoms with E-state index in [1.165, 1.54) is 31.2 Å². The Hall–Kier alpha value is -1.49. The van der Waals surface area contributed by atoms with E-state index in [0.717, 1.165) is 13.1 Å². The fraction of sp³-hybridized carbons (Fsp3) is 0.538. The molecule has 0 radical (unpaired) electrons. The summed E-state index contributed by atoms with van der Waals surface area (Å²) in [7, 11) is -3.56. The molecular formula is C13H18N4O2S. The zero-order chi connectivity index (χ0) is 14.6. The molecule has 0 aromatic carbocycles. The topological polar surface area (TPSA) is 86.1 Å². The zero-order valence-corrected chi connectivity index (χ0v) is 12.2. The zero-order valence-electron chi connectivity index (χ0n) is 11.4. The van der Waals surface area contributed by atoms with Crippen LogP contribution in [0.5, 0.6) is 0 Å². The van der Waals surface area contributed by atoms with Crippen molar-refractivity contribution >= 4 is 10.0 Å². The highest BCUT2D eigenvalue weighted by Crippen LogP contribution is 2.12. The normalized spacial score (nSPS) is 17.8. The van der Waals surface area contributed by atoms with Crippen LogP contribution in [0.15, 0.2) is 23.2 Å². The number of nitrogens with one attached hydrogen (secondary N) is 1. The van der Waals surface area contributed by atoms with Crippen molar-refractivity contribution in [3.05, 3.63) is 24.0 Å². The molecule has 2 rings (SSSR count). The van der Waals surface area contributed by atoms with Crippen molar-refractivity contribution in [1.29, 1.82) is 5.26 Å². The second kappa shape index (κ2) is 6.31. The smallest absolute Gasteiger partial charge is 0.242 e. The first kappa shape index (κ1) is 14.9. The number of aromatic nitrogens is 1. The van der Waals surface area contributed by atoms with E-state index < -0.39 is 10.0 Å². The van der Waals surface area contributed by atoms with Gasteiger partial charge in [-0.1, -0.05) is 0 Å². The van der Waals surface area contributed by atoms with E-state index in [1.807, 2.05) is 13.0 Å². The van der Waals surface area contributed by atoms with Gasteiger partial charge >= 0.3 is 0 Å². The SMILES string of the molecule is CC(CNS(=O)(=O)c1ccc(C#N)nc1)N1CCCC1. The lowest BCUT2D eigenvalue weighted by Crippen LogP contribution is -2.40. The number of hydrogen-bond donors (Lipinski definition) is 1. The number of hydrogen-bond acceptors (Lipinski definition) is 5. The first-order chi connectivity index (χ1) is 9.53. The lowest BCUT2D eigenvalue weighted by molar-refractivity contribution is 0.260. The molecule has 108 valence electrons. The van der Waals surface area contributed by atoms with Crippen molar-refractivity contribution in [3.63, 3.8) is 0 Å². The molecule has 0 aliphatic carbocycles. The molecule has 1 aromatic heterocycles. The highest BCUT2D eigenvalue weighted by atomic mass is 32.2. The van der Waals surface area contributed by atoms with Crippen LogP contribution in [0.1, 0.15) is 25.5 Å². The number of likely N-dealkylation sites (tertiary alicyclic amines) is 1.